The molecule has 2 aliphatic rings. The van der Waals surface area contributed by atoms with Crippen LogP contribution in [0.1, 0.15) is 34.5 Å². The van der Waals surface area contributed by atoms with Gasteiger partial charge in [0, 0.05) is 11.1 Å². The van der Waals surface area contributed by atoms with Crippen LogP contribution >= 0.6 is 0 Å². The van der Waals surface area contributed by atoms with Crippen molar-refractivity contribution in [1.82, 2.24) is 10.6 Å². The third-order valence-corrected chi connectivity index (χ3v) is 6.58. The number of ether oxygens (including phenoxy) is 4. The van der Waals surface area contributed by atoms with Crippen molar-refractivity contribution in [3.05, 3.63) is 70.3 Å². The van der Waals surface area contributed by atoms with Crippen LogP contribution in [0.15, 0.2) is 36.4 Å². The van der Waals surface area contributed by atoms with E-state index in [2.05, 4.69) is 10.6 Å². The molecule has 2 aromatic carbocycles. The number of aliphatic hydroxyl groups excluding tert-OH is 2. The fourth-order valence-corrected chi connectivity index (χ4v) is 4.66. The highest BCUT2D eigenvalue weighted by molar-refractivity contribution is 5.85. The number of likely N-dealkylation sites (N-methyl/N-ethyl adjacent to an activating group) is 2. The van der Waals surface area contributed by atoms with Gasteiger partial charge in [0.2, 0.25) is 0 Å². The Balaban J connectivity index is 1.42. The van der Waals surface area contributed by atoms with E-state index >= 15 is 0 Å². The van der Waals surface area contributed by atoms with Crippen LogP contribution in [0.25, 0.3) is 0 Å². The molecule has 0 saturated heterocycles. The normalized spacial score (nSPS) is 21.8. The van der Waals surface area contributed by atoms with Gasteiger partial charge in [0.05, 0.1) is 13.2 Å². The molecule has 2 aromatic rings. The molecular formula is C26H30F2N2O8. The molecule has 0 aliphatic carbocycles. The lowest BCUT2D eigenvalue weighted by atomic mass is 9.96. The Labute approximate surface area is 217 Å². The van der Waals surface area contributed by atoms with Crippen molar-refractivity contribution in [2.45, 2.75) is 49.7 Å². The molecule has 0 aromatic heterocycles. The average molecular weight is 537 g/mol. The summed E-state index contributed by atoms with van der Waals surface area (Å²) in [6, 6.07) is 9.09. The second-order valence-electron chi connectivity index (χ2n) is 8.89. The average Bonchev–Trinajstić information content (AvgIpc) is 2.93. The maximum Gasteiger partial charge on any atom is 0.340 e. The second-order valence-corrected chi connectivity index (χ2v) is 8.89. The van der Waals surface area contributed by atoms with E-state index in [0.29, 0.717) is 24.0 Å². The van der Waals surface area contributed by atoms with E-state index in [9.17, 15) is 28.6 Å². The third-order valence-electron chi connectivity index (χ3n) is 6.58. The number of carbonyl (C=O) groups is 2. The van der Waals surface area contributed by atoms with Crippen LogP contribution in [-0.4, -0.2) is 74.1 Å². The van der Waals surface area contributed by atoms with Crippen molar-refractivity contribution in [3.63, 3.8) is 0 Å². The van der Waals surface area contributed by atoms with E-state index < -0.39 is 60.4 Å². The Morgan fingerprint density at radius 2 is 1.21 bits per heavy atom. The summed E-state index contributed by atoms with van der Waals surface area (Å²) >= 11 is 0. The Morgan fingerprint density at radius 1 is 0.816 bits per heavy atom. The summed E-state index contributed by atoms with van der Waals surface area (Å²) in [5.74, 6) is -3.83. The lowest BCUT2D eigenvalue weighted by Crippen LogP contribution is -2.49. The quantitative estimate of drug-likeness (QED) is 0.269. The number of benzene rings is 2. The molecule has 2 aliphatic heterocycles. The van der Waals surface area contributed by atoms with Gasteiger partial charge in [-0.05, 0) is 50.2 Å². The smallest absolute Gasteiger partial charge is 0.340 e. The van der Waals surface area contributed by atoms with Crippen LogP contribution in [0.4, 0.5) is 8.78 Å². The summed E-state index contributed by atoms with van der Waals surface area (Å²) < 4.78 is 50.8. The molecule has 2 heterocycles. The molecule has 206 valence electrons. The molecule has 0 radical (unpaired) electrons. The van der Waals surface area contributed by atoms with E-state index in [4.69, 9.17) is 18.9 Å². The van der Waals surface area contributed by atoms with Crippen molar-refractivity contribution < 1.29 is 47.5 Å². The monoisotopic (exact) mass is 536 g/mol. The van der Waals surface area contributed by atoms with E-state index in [1.54, 1.807) is 24.3 Å². The lowest BCUT2D eigenvalue weighted by Gasteiger charge is -2.33. The predicted molar refractivity (Wildman–Crippen MR) is 127 cm³/mol. The van der Waals surface area contributed by atoms with Gasteiger partial charge in [-0.2, -0.15) is 0 Å². The van der Waals surface area contributed by atoms with Gasteiger partial charge in [-0.25, -0.2) is 18.4 Å². The maximum atomic E-state index is 14.5. The van der Waals surface area contributed by atoms with Crippen LogP contribution < -0.4 is 10.6 Å². The van der Waals surface area contributed by atoms with Crippen molar-refractivity contribution in [2.75, 3.05) is 27.3 Å². The summed E-state index contributed by atoms with van der Waals surface area (Å²) in [6.45, 7) is 0.486. The Morgan fingerprint density at radius 3 is 1.58 bits per heavy atom. The molecule has 4 N–H and O–H groups in total. The molecule has 10 nitrogen and oxygen atoms in total. The molecule has 0 amide bonds. The minimum atomic E-state index is -2.34. The summed E-state index contributed by atoms with van der Waals surface area (Å²) in [5.41, 5.74) is 1.78. The SMILES string of the molecule is CN[C@H](OC(=O)C(O)C(O)C(=O)O[C@@H](NC)C1OCCc2cccc(F)c21)C1OCCc2cccc(F)c21. The molecule has 4 unspecified atom stereocenters. The second kappa shape index (κ2) is 12.2. The lowest BCUT2D eigenvalue weighted by molar-refractivity contribution is -0.190. The van der Waals surface area contributed by atoms with E-state index in [1.807, 2.05) is 0 Å². The van der Waals surface area contributed by atoms with Crippen LogP contribution in [0.2, 0.25) is 0 Å². The first-order valence-electron chi connectivity index (χ1n) is 12.2. The molecule has 4 rings (SSSR count). The van der Waals surface area contributed by atoms with Crippen LogP contribution in [0.3, 0.4) is 0 Å². The highest BCUT2D eigenvalue weighted by Crippen LogP contribution is 2.34. The van der Waals surface area contributed by atoms with E-state index in [0.717, 1.165) is 0 Å². The standard InChI is InChI=1S/C26H30F2N2O8/c1-29-23(21-17-13(9-11-35-21)5-3-7-15(17)27)37-25(33)19(31)20(32)26(34)38-24(30-2)22-18-14(10-12-36-22)6-4-8-16(18)28/h3-8,19-24,29-32H,9-12H2,1-2H3/t19?,20?,21?,22?,23-,24-/m1/s1. The van der Waals surface area contributed by atoms with Crippen molar-refractivity contribution in [2.24, 2.45) is 0 Å². The third kappa shape index (κ3) is 5.70. The minimum absolute atomic E-state index is 0.206. The van der Waals surface area contributed by atoms with Gasteiger partial charge >= 0.3 is 11.9 Å². The van der Waals surface area contributed by atoms with Crippen molar-refractivity contribution >= 4 is 11.9 Å². The van der Waals surface area contributed by atoms with E-state index in [-0.39, 0.29) is 24.3 Å². The van der Waals surface area contributed by atoms with Gasteiger partial charge in [0.15, 0.2) is 24.7 Å². The zero-order chi connectivity index (χ0) is 27.4. The van der Waals surface area contributed by atoms with Gasteiger partial charge in [0.25, 0.3) is 0 Å². The number of fused-ring (bicyclic) bond motifs is 2. The van der Waals surface area contributed by atoms with E-state index in [1.165, 1.54) is 26.2 Å². The Kier molecular flexibility index (Phi) is 9.03. The number of rotatable bonds is 9. The van der Waals surface area contributed by atoms with Gasteiger partial charge in [-0.1, -0.05) is 24.3 Å². The Hall–Kier alpha value is -3.00. The molecular weight excluding hydrogens is 506 g/mol. The molecule has 0 bridgehead atoms. The molecule has 12 heteroatoms. The zero-order valence-corrected chi connectivity index (χ0v) is 20.9. The number of esters is 2. The number of hydrogen-bond donors (Lipinski definition) is 4. The Bertz CT molecular complexity index is 1080. The van der Waals surface area contributed by atoms with Gasteiger partial charge < -0.3 is 29.2 Å². The van der Waals surface area contributed by atoms with Crippen LogP contribution in [0.5, 0.6) is 0 Å². The summed E-state index contributed by atoms with van der Waals surface area (Å²) in [6.07, 6.45) is -8.28. The van der Waals surface area contributed by atoms with Gasteiger partial charge in [-0.15, -0.1) is 0 Å². The fourth-order valence-electron chi connectivity index (χ4n) is 4.66. The first-order chi connectivity index (χ1) is 18.3. The highest BCUT2D eigenvalue weighted by atomic mass is 19.1. The van der Waals surface area contributed by atoms with Gasteiger partial charge in [0.1, 0.15) is 23.8 Å². The molecule has 6 atom stereocenters. The summed E-state index contributed by atoms with van der Waals surface area (Å²) in [5, 5.41) is 26.1. The number of halogens is 2. The largest absolute Gasteiger partial charge is 0.441 e. The van der Waals surface area contributed by atoms with Crippen molar-refractivity contribution in [3.8, 4) is 0 Å². The fraction of sp³-hybridized carbons (Fsp3) is 0.462. The summed E-state index contributed by atoms with van der Waals surface area (Å²) in [4.78, 5) is 25.3. The first kappa shape index (κ1) is 28.0. The van der Waals surface area contributed by atoms with Crippen LogP contribution in [0, 0.1) is 11.6 Å². The first-order valence-corrected chi connectivity index (χ1v) is 12.2. The predicted octanol–water partition coefficient (Wildman–Crippen LogP) is 0.792. The molecule has 0 fully saturated rings. The minimum Gasteiger partial charge on any atom is -0.441 e. The van der Waals surface area contributed by atoms with Gasteiger partial charge in [-0.3, -0.25) is 10.6 Å². The molecule has 0 spiro atoms. The maximum absolute atomic E-state index is 14.5. The summed E-state index contributed by atoms with van der Waals surface area (Å²) in [7, 11) is 2.87. The van der Waals surface area contributed by atoms with Crippen LogP contribution in [-0.2, 0) is 41.4 Å². The zero-order valence-electron chi connectivity index (χ0n) is 20.9. The molecule has 38 heavy (non-hydrogen) atoms. The number of carbonyl (C=O) groups excluding carboxylic acids is 2. The number of aliphatic hydroxyl groups is 2. The number of hydrogen-bond acceptors (Lipinski definition) is 10. The van der Waals surface area contributed by atoms with Crippen molar-refractivity contribution in [1.29, 1.82) is 0 Å². The number of nitrogens with one attached hydrogen (secondary N) is 2. The molecule has 0 saturated carbocycles. The topological polar surface area (TPSA) is 136 Å². The highest BCUT2D eigenvalue weighted by Gasteiger charge is 2.40.